The maximum absolute atomic E-state index is 13.4. The van der Waals surface area contributed by atoms with Gasteiger partial charge in [0.05, 0.1) is 11.7 Å². The number of hydrogen-bond donors (Lipinski definition) is 1. The van der Waals surface area contributed by atoms with E-state index in [2.05, 4.69) is 21.2 Å². The Hall–Kier alpha value is -0.940. The number of hydrogen-bond acceptors (Lipinski definition) is 2. The van der Waals surface area contributed by atoms with Crippen LogP contribution in [0.4, 0.5) is 4.39 Å². The molecular weight excluding hydrogens is 301 g/mol. The van der Waals surface area contributed by atoms with Crippen molar-refractivity contribution < 1.29 is 13.9 Å². The summed E-state index contributed by atoms with van der Waals surface area (Å²) in [7, 11) is 0. The van der Waals surface area contributed by atoms with Crippen LogP contribution in [0.5, 0.6) is 0 Å². The SMILES string of the molecule is CC(C)OCCCNC(=O)c1cc(Br)ccc1F. The summed E-state index contributed by atoms with van der Waals surface area (Å²) >= 11 is 3.21. The zero-order valence-electron chi connectivity index (χ0n) is 10.5. The highest BCUT2D eigenvalue weighted by Gasteiger charge is 2.11. The number of carbonyl (C=O) groups is 1. The zero-order valence-corrected chi connectivity index (χ0v) is 12.1. The average Bonchev–Trinajstić information content (AvgIpc) is 2.31. The van der Waals surface area contributed by atoms with Gasteiger partial charge in [-0.15, -0.1) is 0 Å². The van der Waals surface area contributed by atoms with E-state index in [1.807, 2.05) is 13.8 Å². The molecule has 1 aromatic carbocycles. The van der Waals surface area contributed by atoms with E-state index < -0.39 is 11.7 Å². The minimum atomic E-state index is -0.519. The summed E-state index contributed by atoms with van der Waals surface area (Å²) in [4.78, 5) is 11.7. The van der Waals surface area contributed by atoms with E-state index in [-0.39, 0.29) is 11.7 Å². The summed E-state index contributed by atoms with van der Waals surface area (Å²) in [5.74, 6) is -0.924. The van der Waals surface area contributed by atoms with E-state index in [4.69, 9.17) is 4.74 Å². The van der Waals surface area contributed by atoms with Gasteiger partial charge in [0.1, 0.15) is 5.82 Å². The molecule has 18 heavy (non-hydrogen) atoms. The Morgan fingerprint density at radius 1 is 1.50 bits per heavy atom. The van der Waals surface area contributed by atoms with E-state index in [0.29, 0.717) is 24.0 Å². The van der Waals surface area contributed by atoms with Gasteiger partial charge in [-0.3, -0.25) is 4.79 Å². The first kappa shape index (κ1) is 15.1. The molecule has 5 heteroatoms. The molecule has 0 aliphatic rings. The third-order valence-corrected chi connectivity index (χ3v) is 2.72. The topological polar surface area (TPSA) is 38.3 Å². The van der Waals surface area contributed by atoms with Crippen molar-refractivity contribution in [3.63, 3.8) is 0 Å². The highest BCUT2D eigenvalue weighted by Crippen LogP contribution is 2.15. The number of amides is 1. The second-order valence-corrected chi connectivity index (χ2v) is 5.07. The summed E-state index contributed by atoms with van der Waals surface area (Å²) in [5, 5.41) is 2.66. The Morgan fingerprint density at radius 2 is 2.22 bits per heavy atom. The molecule has 1 N–H and O–H groups in total. The van der Waals surface area contributed by atoms with Gasteiger partial charge in [-0.25, -0.2) is 4.39 Å². The molecule has 1 aromatic rings. The van der Waals surface area contributed by atoms with Crippen LogP contribution in [0.15, 0.2) is 22.7 Å². The van der Waals surface area contributed by atoms with Crippen LogP contribution < -0.4 is 5.32 Å². The Balaban J connectivity index is 2.39. The fraction of sp³-hybridized carbons (Fsp3) is 0.462. The number of carbonyl (C=O) groups excluding carboxylic acids is 1. The van der Waals surface area contributed by atoms with Crippen LogP contribution >= 0.6 is 15.9 Å². The lowest BCUT2D eigenvalue weighted by atomic mass is 10.2. The van der Waals surface area contributed by atoms with Gasteiger partial charge in [-0.2, -0.15) is 0 Å². The molecule has 0 bridgehead atoms. The van der Waals surface area contributed by atoms with Gasteiger partial charge in [-0.1, -0.05) is 15.9 Å². The lowest BCUT2D eigenvalue weighted by molar-refractivity contribution is 0.0756. The van der Waals surface area contributed by atoms with Crippen molar-refractivity contribution >= 4 is 21.8 Å². The van der Waals surface area contributed by atoms with Crippen molar-refractivity contribution in [1.29, 1.82) is 0 Å². The van der Waals surface area contributed by atoms with Gasteiger partial charge in [-0.05, 0) is 38.5 Å². The van der Waals surface area contributed by atoms with Crippen molar-refractivity contribution in [3.05, 3.63) is 34.1 Å². The molecule has 0 spiro atoms. The molecule has 0 radical (unpaired) electrons. The Labute approximate surface area is 115 Å². The van der Waals surface area contributed by atoms with Crippen LogP contribution in [0.1, 0.15) is 30.6 Å². The molecule has 0 atom stereocenters. The van der Waals surface area contributed by atoms with E-state index >= 15 is 0 Å². The van der Waals surface area contributed by atoms with Crippen molar-refractivity contribution in [2.75, 3.05) is 13.2 Å². The molecule has 0 unspecified atom stereocenters. The molecule has 0 saturated carbocycles. The summed E-state index contributed by atoms with van der Waals surface area (Å²) in [6, 6.07) is 4.29. The standard InChI is InChI=1S/C13H17BrFNO2/c1-9(2)18-7-3-6-16-13(17)11-8-10(14)4-5-12(11)15/h4-5,8-9H,3,6-7H2,1-2H3,(H,16,17). The predicted octanol–water partition coefficient (Wildman–Crippen LogP) is 3.13. The quantitative estimate of drug-likeness (QED) is 0.819. The van der Waals surface area contributed by atoms with Crippen molar-refractivity contribution in [2.45, 2.75) is 26.4 Å². The van der Waals surface area contributed by atoms with Gasteiger partial charge in [0, 0.05) is 17.6 Å². The minimum absolute atomic E-state index is 0.0501. The van der Waals surface area contributed by atoms with Gasteiger partial charge < -0.3 is 10.1 Å². The number of benzene rings is 1. The summed E-state index contributed by atoms with van der Waals surface area (Å²) in [5.41, 5.74) is 0.0501. The molecule has 0 aromatic heterocycles. The molecule has 1 rings (SSSR count). The summed E-state index contributed by atoms with van der Waals surface area (Å²) in [6.45, 7) is 4.96. The first-order valence-corrected chi connectivity index (χ1v) is 6.65. The number of nitrogens with one attached hydrogen (secondary N) is 1. The molecule has 0 saturated heterocycles. The largest absolute Gasteiger partial charge is 0.379 e. The lowest BCUT2D eigenvalue weighted by Gasteiger charge is -2.08. The maximum atomic E-state index is 13.4. The van der Waals surface area contributed by atoms with Crippen molar-refractivity contribution in [1.82, 2.24) is 5.32 Å². The second-order valence-electron chi connectivity index (χ2n) is 4.15. The predicted molar refractivity (Wildman–Crippen MR) is 72.1 cm³/mol. The van der Waals surface area contributed by atoms with Crippen LogP contribution in [0.2, 0.25) is 0 Å². The fourth-order valence-corrected chi connectivity index (χ4v) is 1.72. The van der Waals surface area contributed by atoms with Crippen LogP contribution in [-0.2, 0) is 4.74 Å². The Bertz CT molecular complexity index is 410. The van der Waals surface area contributed by atoms with E-state index in [0.717, 1.165) is 0 Å². The van der Waals surface area contributed by atoms with E-state index in [9.17, 15) is 9.18 Å². The van der Waals surface area contributed by atoms with Gasteiger partial charge in [0.25, 0.3) is 5.91 Å². The first-order valence-electron chi connectivity index (χ1n) is 5.85. The molecule has 1 amide bonds. The second kappa shape index (κ2) is 7.48. The Kier molecular flexibility index (Phi) is 6.29. The molecule has 3 nitrogen and oxygen atoms in total. The molecule has 0 fully saturated rings. The van der Waals surface area contributed by atoms with Crippen LogP contribution in [0.3, 0.4) is 0 Å². The fourth-order valence-electron chi connectivity index (χ4n) is 1.36. The lowest BCUT2D eigenvalue weighted by Crippen LogP contribution is -2.26. The number of rotatable bonds is 6. The van der Waals surface area contributed by atoms with Gasteiger partial charge in [0.2, 0.25) is 0 Å². The van der Waals surface area contributed by atoms with Gasteiger partial charge in [0.15, 0.2) is 0 Å². The van der Waals surface area contributed by atoms with Crippen LogP contribution in [0, 0.1) is 5.82 Å². The molecule has 0 heterocycles. The maximum Gasteiger partial charge on any atom is 0.254 e. The van der Waals surface area contributed by atoms with E-state index in [1.54, 1.807) is 6.07 Å². The van der Waals surface area contributed by atoms with Crippen molar-refractivity contribution in [3.8, 4) is 0 Å². The monoisotopic (exact) mass is 317 g/mol. The summed E-state index contributed by atoms with van der Waals surface area (Å²) in [6.07, 6.45) is 0.891. The number of halogens is 2. The van der Waals surface area contributed by atoms with Crippen molar-refractivity contribution in [2.24, 2.45) is 0 Å². The smallest absolute Gasteiger partial charge is 0.254 e. The summed E-state index contributed by atoms with van der Waals surface area (Å²) < 4.78 is 19.4. The van der Waals surface area contributed by atoms with Crippen LogP contribution in [-0.4, -0.2) is 25.2 Å². The highest BCUT2D eigenvalue weighted by atomic mass is 79.9. The van der Waals surface area contributed by atoms with Gasteiger partial charge >= 0.3 is 0 Å². The average molecular weight is 318 g/mol. The minimum Gasteiger partial charge on any atom is -0.379 e. The molecular formula is C13H17BrFNO2. The normalized spacial score (nSPS) is 10.7. The third-order valence-electron chi connectivity index (χ3n) is 2.23. The third kappa shape index (κ3) is 5.14. The number of ether oxygens (including phenoxy) is 1. The molecule has 100 valence electrons. The highest BCUT2D eigenvalue weighted by molar-refractivity contribution is 9.10. The van der Waals surface area contributed by atoms with E-state index in [1.165, 1.54) is 12.1 Å². The zero-order chi connectivity index (χ0) is 13.5. The first-order chi connectivity index (χ1) is 8.50. The van der Waals surface area contributed by atoms with Crippen LogP contribution in [0.25, 0.3) is 0 Å². The Morgan fingerprint density at radius 3 is 2.89 bits per heavy atom. The molecule has 0 aliphatic carbocycles. The molecule has 0 aliphatic heterocycles.